The zero-order valence-electron chi connectivity index (χ0n) is 30.1. The van der Waals surface area contributed by atoms with Gasteiger partial charge in [0.2, 0.25) is 0 Å². The summed E-state index contributed by atoms with van der Waals surface area (Å²) in [5.74, 6) is 7.41. The Kier molecular flexibility index (Phi) is 14.6. The van der Waals surface area contributed by atoms with Gasteiger partial charge in [-0.1, -0.05) is 74.2 Å². The van der Waals surface area contributed by atoms with Gasteiger partial charge in [0.05, 0.1) is 18.8 Å². The fourth-order valence-corrected chi connectivity index (χ4v) is 7.34. The van der Waals surface area contributed by atoms with E-state index in [-0.39, 0.29) is 29.3 Å². The molecule has 0 aliphatic heterocycles. The third-order valence-corrected chi connectivity index (χ3v) is 10.5. The molecule has 8 atom stereocenters. The van der Waals surface area contributed by atoms with Crippen molar-refractivity contribution < 1.29 is 30.3 Å². The van der Waals surface area contributed by atoms with Gasteiger partial charge in [0.25, 0.3) is 0 Å². The summed E-state index contributed by atoms with van der Waals surface area (Å²) < 4.78 is 6.26. The maximum atomic E-state index is 11.4. The Morgan fingerprint density at radius 3 is 2.54 bits per heavy atom. The first-order valence-corrected chi connectivity index (χ1v) is 18.6. The lowest BCUT2D eigenvalue weighted by Gasteiger charge is -2.29. The molecular formula is C43H54N3O6-. The maximum absolute atomic E-state index is 11.4. The molecule has 0 saturated heterocycles. The summed E-state index contributed by atoms with van der Waals surface area (Å²) in [5.41, 5.74) is 9.89. The second-order valence-electron chi connectivity index (χ2n) is 14.4. The number of nitrogen functional groups attached to an aromatic ring is 1. The highest BCUT2D eigenvalue weighted by atomic mass is 16.5. The van der Waals surface area contributed by atoms with Crippen molar-refractivity contribution in [3.8, 4) is 23.3 Å². The predicted octanol–water partition coefficient (Wildman–Crippen LogP) is 5.58. The molecule has 0 spiro atoms. The van der Waals surface area contributed by atoms with Crippen molar-refractivity contribution in [2.75, 3.05) is 12.3 Å². The summed E-state index contributed by atoms with van der Waals surface area (Å²) in [6, 6.07) is 23.0. The second-order valence-corrected chi connectivity index (χ2v) is 14.4. The van der Waals surface area contributed by atoms with Gasteiger partial charge in [-0.25, -0.2) is 4.98 Å². The standard InChI is InChI=1S/C43H54N3O6/c1-29(23-30-9-3-2-4-10-30)32-11-5-6-15-37(48)36(14-7-12-32)38(49)18-16-31-17-19-39(50)41(24-31)52-42(40(51)28-47)26-34(25-35-13-8-21-45-35)33-20-22-46-43(44)27-33/h2-4,8-10,13,17,19-22,24,27,29,32,34,36-38,40,42,47-51H,5-6,11,14-16,18,23,25-26,28H2,1H3,(H2,44,46)/q-1. The van der Waals surface area contributed by atoms with Crippen molar-refractivity contribution >= 4 is 5.82 Å². The van der Waals surface area contributed by atoms with Crippen LogP contribution in [0.2, 0.25) is 0 Å². The summed E-state index contributed by atoms with van der Waals surface area (Å²) >= 11 is 0. The molecule has 0 radical (unpaired) electrons. The van der Waals surface area contributed by atoms with Crippen LogP contribution in [0.5, 0.6) is 11.5 Å². The number of aliphatic hydroxyl groups excluding tert-OH is 4. The number of aryl methyl sites for hydroxylation is 1. The molecule has 5 rings (SSSR count). The Balaban J connectivity index is 1.25. The Bertz CT molecular complexity index is 1700. The van der Waals surface area contributed by atoms with E-state index >= 15 is 0 Å². The molecule has 1 aliphatic carbocycles. The van der Waals surface area contributed by atoms with Crippen LogP contribution < -0.4 is 15.5 Å². The summed E-state index contributed by atoms with van der Waals surface area (Å²) in [7, 11) is 0. The highest BCUT2D eigenvalue weighted by molar-refractivity contribution is 5.42. The van der Waals surface area contributed by atoms with Gasteiger partial charge in [0, 0.05) is 24.5 Å². The van der Waals surface area contributed by atoms with Crippen LogP contribution in [0, 0.1) is 29.6 Å². The molecule has 7 N–H and O–H groups in total. The van der Waals surface area contributed by atoms with Gasteiger partial charge in [-0.05, 0) is 97.7 Å². The molecular weight excluding hydrogens is 654 g/mol. The number of nitrogens with zero attached hydrogens (tertiary/aromatic N) is 2. The van der Waals surface area contributed by atoms with Crippen LogP contribution in [-0.2, 0) is 19.3 Å². The van der Waals surface area contributed by atoms with Crippen molar-refractivity contribution in [2.45, 2.75) is 101 Å². The Morgan fingerprint density at radius 2 is 1.79 bits per heavy atom. The zero-order chi connectivity index (χ0) is 36.9. The SMILES string of the molecule is CC(Cc1ccccc1)C1C#CCC(C(O)CCc2ccc(O)c(OC(CC(Cc3ccc[n-]3)c3ccnc(N)c3)C(O)CO)c2)C(O)CCCC1. The number of rotatable bonds is 16. The average Bonchev–Trinajstić information content (AvgIpc) is 3.67. The molecule has 2 heterocycles. The number of benzene rings is 2. The number of hydrogen-bond donors (Lipinski definition) is 6. The number of hydrogen-bond acceptors (Lipinski definition) is 8. The largest absolute Gasteiger partial charge is 0.668 e. The number of anilines is 1. The number of aromatic nitrogens is 2. The summed E-state index contributed by atoms with van der Waals surface area (Å²) in [4.78, 5) is 8.53. The van der Waals surface area contributed by atoms with E-state index in [4.69, 9.17) is 10.5 Å². The van der Waals surface area contributed by atoms with E-state index in [2.05, 4.69) is 53.0 Å². The molecule has 278 valence electrons. The number of phenolic OH excluding ortho intramolecular Hbond substituents is 1. The molecule has 9 heteroatoms. The molecule has 0 saturated carbocycles. The molecule has 1 aliphatic rings. The lowest BCUT2D eigenvalue weighted by atomic mass is 9.82. The summed E-state index contributed by atoms with van der Waals surface area (Å²) in [6.07, 6.45) is 6.45. The predicted molar refractivity (Wildman–Crippen MR) is 203 cm³/mol. The first-order chi connectivity index (χ1) is 25.2. The van der Waals surface area contributed by atoms with Crippen LogP contribution in [0.1, 0.15) is 80.2 Å². The lowest BCUT2D eigenvalue weighted by molar-refractivity contribution is -0.00843. The highest BCUT2D eigenvalue weighted by Crippen LogP contribution is 2.34. The van der Waals surface area contributed by atoms with Gasteiger partial charge in [-0.2, -0.15) is 11.9 Å². The number of pyridine rings is 1. The summed E-state index contributed by atoms with van der Waals surface area (Å²) in [5, 5.41) is 54.1. The topological polar surface area (TPSA) is 163 Å². The minimum Gasteiger partial charge on any atom is -0.668 e. The van der Waals surface area contributed by atoms with E-state index in [1.54, 1.807) is 30.6 Å². The summed E-state index contributed by atoms with van der Waals surface area (Å²) in [6.45, 7) is 1.73. The van der Waals surface area contributed by atoms with Gasteiger partial charge >= 0.3 is 0 Å². The van der Waals surface area contributed by atoms with E-state index in [0.717, 1.165) is 42.5 Å². The molecule has 0 fully saturated rings. The fourth-order valence-electron chi connectivity index (χ4n) is 7.34. The quantitative estimate of drug-likeness (QED) is 0.0817. The van der Waals surface area contributed by atoms with E-state index in [1.807, 2.05) is 24.3 Å². The molecule has 2 aromatic heterocycles. The molecule has 9 nitrogen and oxygen atoms in total. The van der Waals surface area contributed by atoms with Crippen molar-refractivity contribution in [1.29, 1.82) is 0 Å². The molecule has 8 unspecified atom stereocenters. The minimum atomic E-state index is -1.23. The molecule has 0 amide bonds. The first kappa shape index (κ1) is 38.9. The number of nitrogens with two attached hydrogens (primary N) is 1. The second kappa shape index (κ2) is 19.5. The molecule has 2 aromatic carbocycles. The first-order valence-electron chi connectivity index (χ1n) is 18.6. The fraction of sp³-hybridized carbons (Fsp3) is 0.465. The lowest BCUT2D eigenvalue weighted by Crippen LogP contribution is -2.36. The molecule has 0 bridgehead atoms. The van der Waals surface area contributed by atoms with Gasteiger partial charge in [0.1, 0.15) is 18.0 Å². The van der Waals surface area contributed by atoms with Crippen LogP contribution in [-0.4, -0.2) is 61.5 Å². The van der Waals surface area contributed by atoms with Gasteiger partial charge in [-0.15, -0.1) is 5.92 Å². The van der Waals surface area contributed by atoms with Crippen molar-refractivity contribution in [3.05, 3.63) is 108 Å². The maximum Gasteiger partial charge on any atom is 0.161 e. The highest BCUT2D eigenvalue weighted by Gasteiger charge is 2.29. The van der Waals surface area contributed by atoms with Crippen molar-refractivity contribution in [1.82, 2.24) is 9.97 Å². The van der Waals surface area contributed by atoms with Crippen LogP contribution in [0.15, 0.2) is 85.2 Å². The zero-order valence-corrected chi connectivity index (χ0v) is 30.1. The van der Waals surface area contributed by atoms with E-state index in [1.165, 1.54) is 11.6 Å². The van der Waals surface area contributed by atoms with Crippen molar-refractivity contribution in [3.63, 3.8) is 0 Å². The normalized spacial score (nSPS) is 20.8. The monoisotopic (exact) mass is 708 g/mol. The van der Waals surface area contributed by atoms with E-state index < -0.39 is 31.0 Å². The average molecular weight is 709 g/mol. The van der Waals surface area contributed by atoms with Gasteiger partial charge < -0.3 is 41.0 Å². The Labute approximate surface area is 307 Å². The Morgan fingerprint density at radius 1 is 0.981 bits per heavy atom. The van der Waals surface area contributed by atoms with Gasteiger partial charge in [-0.3, -0.25) is 0 Å². The third kappa shape index (κ3) is 11.3. The van der Waals surface area contributed by atoms with Crippen LogP contribution in [0.3, 0.4) is 0 Å². The van der Waals surface area contributed by atoms with Crippen LogP contribution in [0.25, 0.3) is 0 Å². The third-order valence-electron chi connectivity index (χ3n) is 10.5. The molecule has 4 aromatic rings. The van der Waals surface area contributed by atoms with E-state index in [0.29, 0.717) is 50.3 Å². The number of aromatic hydroxyl groups is 1. The number of phenols is 1. The van der Waals surface area contributed by atoms with E-state index in [9.17, 15) is 25.5 Å². The Hall–Kier alpha value is -4.33. The molecule has 52 heavy (non-hydrogen) atoms. The van der Waals surface area contributed by atoms with Gasteiger partial charge in [0.15, 0.2) is 11.5 Å². The number of ether oxygens (including phenoxy) is 1. The van der Waals surface area contributed by atoms with Crippen molar-refractivity contribution in [2.24, 2.45) is 17.8 Å². The minimum absolute atomic E-state index is 0.101. The smallest absolute Gasteiger partial charge is 0.161 e. The number of aliphatic hydroxyl groups is 4. The van der Waals surface area contributed by atoms with Crippen LogP contribution >= 0.6 is 0 Å². The van der Waals surface area contributed by atoms with Crippen LogP contribution in [0.4, 0.5) is 5.82 Å².